The Labute approximate surface area is 108 Å². The third-order valence-corrected chi connectivity index (χ3v) is 2.08. The van der Waals surface area contributed by atoms with Gasteiger partial charge in [0, 0.05) is 12.2 Å². The average molecular weight is 280 g/mol. The van der Waals surface area contributed by atoms with E-state index in [1.807, 2.05) is 0 Å². The summed E-state index contributed by atoms with van der Waals surface area (Å²) in [5.41, 5.74) is 0. The van der Waals surface area contributed by atoms with Crippen molar-refractivity contribution in [2.75, 3.05) is 13.2 Å². The van der Waals surface area contributed by atoms with Gasteiger partial charge >= 0.3 is 11.9 Å². The molecule has 0 saturated heterocycles. The number of hydrogen-bond acceptors (Lipinski definition) is 8. The Balaban J connectivity index is 4.20. The fourth-order valence-electron chi connectivity index (χ4n) is 1.02. The van der Waals surface area contributed by atoms with Crippen LogP contribution in [-0.2, 0) is 14.3 Å². The zero-order valence-corrected chi connectivity index (χ0v) is 9.79. The van der Waals surface area contributed by atoms with Crippen LogP contribution in [0.25, 0.3) is 0 Å². The Morgan fingerprint density at radius 2 is 1.53 bits per heavy atom. The van der Waals surface area contributed by atoms with Crippen molar-refractivity contribution in [2.45, 2.75) is 24.4 Å². The lowest BCUT2D eigenvalue weighted by atomic mass is 10.0. The van der Waals surface area contributed by atoms with Crippen LogP contribution in [-0.4, -0.2) is 80.2 Å². The molecule has 0 aliphatic heterocycles. The van der Waals surface area contributed by atoms with E-state index in [0.717, 1.165) is 0 Å². The maximum atomic E-state index is 10.9. The summed E-state index contributed by atoms with van der Waals surface area (Å²) in [5, 5.41) is 53.7. The van der Waals surface area contributed by atoms with E-state index >= 15 is 0 Å². The van der Waals surface area contributed by atoms with Crippen LogP contribution >= 0.6 is 0 Å². The van der Waals surface area contributed by atoms with E-state index < -0.39 is 49.6 Å². The van der Waals surface area contributed by atoms with Gasteiger partial charge in [0.15, 0.2) is 0 Å². The van der Waals surface area contributed by atoms with Crippen LogP contribution in [0.1, 0.15) is 0 Å². The Bertz CT molecular complexity index is 327. The Morgan fingerprint density at radius 1 is 1.00 bits per heavy atom. The van der Waals surface area contributed by atoms with Crippen molar-refractivity contribution in [1.29, 1.82) is 0 Å². The molecule has 0 heterocycles. The standard InChI is InChI=1S/C10H16O9/c11-3-5(12)9(17)10(18)6(13)4-19-8(16)2-1-7(14)15/h1-2,5-6,9-13,17-18H,3-4H2,(H,14,15)/b2-1-/t5-,6-,9-,10-/m1/s1. The maximum Gasteiger partial charge on any atom is 0.331 e. The van der Waals surface area contributed by atoms with Crippen molar-refractivity contribution in [2.24, 2.45) is 0 Å². The first-order chi connectivity index (χ1) is 8.79. The van der Waals surface area contributed by atoms with Gasteiger partial charge in [-0.15, -0.1) is 0 Å². The number of aliphatic carboxylic acids is 1. The fraction of sp³-hybridized carbons (Fsp3) is 0.600. The van der Waals surface area contributed by atoms with Gasteiger partial charge in [-0.2, -0.15) is 0 Å². The zero-order chi connectivity index (χ0) is 15.0. The number of carboxylic acid groups (broad SMARTS) is 1. The average Bonchev–Trinajstić information content (AvgIpc) is 2.39. The quantitative estimate of drug-likeness (QED) is 0.196. The minimum Gasteiger partial charge on any atom is -0.478 e. The molecule has 0 aromatic carbocycles. The summed E-state index contributed by atoms with van der Waals surface area (Å²) in [4.78, 5) is 21.0. The summed E-state index contributed by atoms with van der Waals surface area (Å²) in [5.74, 6) is -2.43. The topological polar surface area (TPSA) is 165 Å². The third kappa shape index (κ3) is 6.84. The number of carbonyl (C=O) groups excluding carboxylic acids is 1. The number of rotatable bonds is 8. The van der Waals surface area contributed by atoms with Crippen LogP contribution in [0, 0.1) is 0 Å². The summed E-state index contributed by atoms with van der Waals surface area (Å²) in [6.07, 6.45) is -5.92. The third-order valence-electron chi connectivity index (χ3n) is 2.08. The Kier molecular flexibility index (Phi) is 7.87. The van der Waals surface area contributed by atoms with Crippen LogP contribution < -0.4 is 0 Å². The SMILES string of the molecule is O=C(O)/C=C\C(=O)OC[C@@H](O)[C@@H](O)[C@H](O)[C@H](O)CO. The predicted octanol–water partition coefficient (Wildman–Crippen LogP) is -3.39. The molecule has 4 atom stereocenters. The van der Waals surface area contributed by atoms with E-state index in [9.17, 15) is 24.9 Å². The summed E-state index contributed by atoms with van der Waals surface area (Å²) in [6, 6.07) is 0. The highest BCUT2D eigenvalue weighted by Gasteiger charge is 2.30. The van der Waals surface area contributed by atoms with E-state index in [1.54, 1.807) is 0 Å². The molecular weight excluding hydrogens is 264 g/mol. The number of ether oxygens (including phenoxy) is 1. The van der Waals surface area contributed by atoms with E-state index in [0.29, 0.717) is 12.2 Å². The molecule has 19 heavy (non-hydrogen) atoms. The molecule has 0 spiro atoms. The monoisotopic (exact) mass is 280 g/mol. The van der Waals surface area contributed by atoms with Gasteiger partial charge in [0.25, 0.3) is 0 Å². The van der Waals surface area contributed by atoms with Crippen LogP contribution in [0.2, 0.25) is 0 Å². The molecule has 9 nitrogen and oxygen atoms in total. The first-order valence-corrected chi connectivity index (χ1v) is 5.20. The summed E-state index contributed by atoms with van der Waals surface area (Å²) in [6.45, 7) is -1.55. The van der Waals surface area contributed by atoms with Gasteiger partial charge in [0.1, 0.15) is 31.0 Å². The lowest BCUT2D eigenvalue weighted by Crippen LogP contribution is -2.47. The first kappa shape index (κ1) is 17.5. The van der Waals surface area contributed by atoms with Crippen LogP contribution in [0.4, 0.5) is 0 Å². The fourth-order valence-corrected chi connectivity index (χ4v) is 1.02. The summed E-state index contributed by atoms with van der Waals surface area (Å²) < 4.78 is 4.38. The van der Waals surface area contributed by atoms with Crippen molar-refractivity contribution in [1.82, 2.24) is 0 Å². The Morgan fingerprint density at radius 3 is 2.00 bits per heavy atom. The molecule has 0 aromatic heterocycles. The summed E-state index contributed by atoms with van der Waals surface area (Å²) in [7, 11) is 0. The number of carbonyl (C=O) groups is 2. The molecule has 0 aliphatic rings. The molecule has 0 unspecified atom stereocenters. The lowest BCUT2D eigenvalue weighted by Gasteiger charge is -2.25. The van der Waals surface area contributed by atoms with Crippen molar-refractivity contribution < 1.29 is 45.0 Å². The molecule has 0 fully saturated rings. The maximum absolute atomic E-state index is 10.9. The molecule has 0 bridgehead atoms. The molecule has 6 N–H and O–H groups in total. The smallest absolute Gasteiger partial charge is 0.331 e. The second kappa shape index (κ2) is 8.56. The largest absolute Gasteiger partial charge is 0.478 e. The van der Waals surface area contributed by atoms with Crippen molar-refractivity contribution in [3.8, 4) is 0 Å². The molecule has 0 radical (unpaired) electrons. The zero-order valence-electron chi connectivity index (χ0n) is 9.79. The van der Waals surface area contributed by atoms with E-state index in [4.69, 9.17) is 15.3 Å². The number of aliphatic hydroxyl groups is 5. The van der Waals surface area contributed by atoms with E-state index in [1.165, 1.54) is 0 Å². The van der Waals surface area contributed by atoms with Crippen LogP contribution in [0.3, 0.4) is 0 Å². The number of aliphatic hydroxyl groups excluding tert-OH is 5. The van der Waals surface area contributed by atoms with Crippen LogP contribution in [0.5, 0.6) is 0 Å². The number of hydrogen-bond donors (Lipinski definition) is 6. The molecule has 0 aliphatic carbocycles. The van der Waals surface area contributed by atoms with Crippen molar-refractivity contribution in [3.05, 3.63) is 12.2 Å². The predicted molar refractivity (Wildman–Crippen MR) is 58.8 cm³/mol. The van der Waals surface area contributed by atoms with Gasteiger partial charge < -0.3 is 35.4 Å². The van der Waals surface area contributed by atoms with Gasteiger partial charge in [-0.3, -0.25) is 0 Å². The second-order valence-electron chi connectivity index (χ2n) is 3.60. The lowest BCUT2D eigenvalue weighted by molar-refractivity contribution is -0.151. The van der Waals surface area contributed by atoms with Gasteiger partial charge in [-0.1, -0.05) is 0 Å². The van der Waals surface area contributed by atoms with Gasteiger partial charge in [0.2, 0.25) is 0 Å². The molecule has 110 valence electrons. The Hall–Kier alpha value is -1.52. The molecule has 0 rings (SSSR count). The molecule has 9 heteroatoms. The minimum atomic E-state index is -1.85. The highest BCUT2D eigenvalue weighted by Crippen LogP contribution is 2.05. The normalized spacial score (nSPS) is 17.7. The van der Waals surface area contributed by atoms with Gasteiger partial charge in [-0.05, 0) is 0 Å². The van der Waals surface area contributed by atoms with Crippen LogP contribution in [0.15, 0.2) is 12.2 Å². The van der Waals surface area contributed by atoms with Gasteiger partial charge in [0.05, 0.1) is 6.61 Å². The first-order valence-electron chi connectivity index (χ1n) is 5.20. The number of esters is 1. The molecule has 0 aromatic rings. The van der Waals surface area contributed by atoms with E-state index in [2.05, 4.69) is 4.74 Å². The molecule has 0 amide bonds. The highest BCUT2D eigenvalue weighted by molar-refractivity contribution is 5.90. The molecule has 0 saturated carbocycles. The summed E-state index contributed by atoms with van der Waals surface area (Å²) >= 11 is 0. The van der Waals surface area contributed by atoms with Crippen molar-refractivity contribution in [3.63, 3.8) is 0 Å². The van der Waals surface area contributed by atoms with Gasteiger partial charge in [-0.25, -0.2) is 9.59 Å². The number of carboxylic acids is 1. The van der Waals surface area contributed by atoms with E-state index in [-0.39, 0.29) is 0 Å². The second-order valence-corrected chi connectivity index (χ2v) is 3.60. The van der Waals surface area contributed by atoms with Crippen molar-refractivity contribution >= 4 is 11.9 Å². The highest BCUT2D eigenvalue weighted by atomic mass is 16.5. The minimum absolute atomic E-state index is 0.523. The molecular formula is C10H16O9.